The molecule has 12 heavy (non-hydrogen) atoms. The van der Waals surface area contributed by atoms with Crippen LogP contribution >= 0.6 is 0 Å². The maximum atomic E-state index is 11.0. The number of hydrogen-bond donors (Lipinski definition) is 0. The molecule has 60 valence electrons. The summed E-state index contributed by atoms with van der Waals surface area (Å²) in [6.45, 7) is 0. The second kappa shape index (κ2) is 2.55. The maximum absolute atomic E-state index is 11.0. The molecule has 0 atom stereocenters. The summed E-state index contributed by atoms with van der Waals surface area (Å²) in [4.78, 5) is 21.9. The SMILES string of the molecule is O=C1C=CC2=CCC(=O)CC2=C1. The fourth-order valence-electron chi connectivity index (χ4n) is 1.44. The third kappa shape index (κ3) is 1.16. The van der Waals surface area contributed by atoms with Gasteiger partial charge in [-0.25, -0.2) is 0 Å². The number of carbonyl (C=O) groups is 2. The summed E-state index contributed by atoms with van der Waals surface area (Å²) in [5.41, 5.74) is 1.91. The predicted molar refractivity (Wildman–Crippen MR) is 44.6 cm³/mol. The van der Waals surface area contributed by atoms with Crippen LogP contribution in [0.15, 0.2) is 35.5 Å². The highest BCUT2D eigenvalue weighted by molar-refractivity contribution is 6.04. The van der Waals surface area contributed by atoms with Gasteiger partial charge in [0.15, 0.2) is 5.78 Å². The quantitative estimate of drug-likeness (QED) is 0.536. The lowest BCUT2D eigenvalue weighted by Crippen LogP contribution is -2.10. The van der Waals surface area contributed by atoms with Crippen LogP contribution in [0.3, 0.4) is 0 Å². The summed E-state index contributed by atoms with van der Waals surface area (Å²) >= 11 is 0. The number of fused-ring (bicyclic) bond motifs is 1. The van der Waals surface area contributed by atoms with Gasteiger partial charge in [0.25, 0.3) is 0 Å². The molecular weight excluding hydrogens is 152 g/mol. The Balaban J connectivity index is 2.41. The van der Waals surface area contributed by atoms with Gasteiger partial charge in [-0.2, -0.15) is 0 Å². The minimum Gasteiger partial charge on any atom is -0.299 e. The fourth-order valence-corrected chi connectivity index (χ4v) is 1.44. The first kappa shape index (κ1) is 7.22. The Morgan fingerprint density at radius 3 is 2.83 bits per heavy atom. The molecule has 2 nitrogen and oxygen atoms in total. The van der Waals surface area contributed by atoms with Gasteiger partial charge in [-0.3, -0.25) is 9.59 Å². The van der Waals surface area contributed by atoms with Crippen LogP contribution in [0.4, 0.5) is 0 Å². The lowest BCUT2D eigenvalue weighted by molar-refractivity contribution is -0.117. The average molecular weight is 160 g/mol. The van der Waals surface area contributed by atoms with E-state index < -0.39 is 0 Å². The van der Waals surface area contributed by atoms with Crippen molar-refractivity contribution in [2.75, 3.05) is 0 Å². The number of hydrogen-bond acceptors (Lipinski definition) is 2. The lowest BCUT2D eigenvalue weighted by Gasteiger charge is -2.15. The first-order valence-corrected chi connectivity index (χ1v) is 3.90. The molecule has 0 spiro atoms. The molecule has 0 radical (unpaired) electrons. The highest BCUT2D eigenvalue weighted by Gasteiger charge is 2.17. The summed E-state index contributed by atoms with van der Waals surface area (Å²) < 4.78 is 0. The van der Waals surface area contributed by atoms with Gasteiger partial charge in [0.1, 0.15) is 5.78 Å². The highest BCUT2D eigenvalue weighted by Crippen LogP contribution is 2.25. The molecule has 2 rings (SSSR count). The smallest absolute Gasteiger partial charge is 0.178 e. The van der Waals surface area contributed by atoms with Crippen LogP contribution in [0, 0.1) is 0 Å². The van der Waals surface area contributed by atoms with Crippen molar-refractivity contribution in [2.24, 2.45) is 0 Å². The molecule has 0 aromatic rings. The number of allylic oxidation sites excluding steroid dienone is 6. The lowest BCUT2D eigenvalue weighted by atomic mass is 9.89. The Labute approximate surface area is 70.3 Å². The molecule has 0 aromatic carbocycles. The molecule has 2 aliphatic carbocycles. The van der Waals surface area contributed by atoms with E-state index in [1.165, 1.54) is 6.08 Å². The maximum Gasteiger partial charge on any atom is 0.178 e. The van der Waals surface area contributed by atoms with Crippen molar-refractivity contribution in [1.82, 2.24) is 0 Å². The van der Waals surface area contributed by atoms with E-state index in [1.54, 1.807) is 12.2 Å². The van der Waals surface area contributed by atoms with Crippen molar-refractivity contribution in [3.63, 3.8) is 0 Å². The van der Waals surface area contributed by atoms with Gasteiger partial charge in [-0.05, 0) is 23.3 Å². The molecule has 0 fully saturated rings. The summed E-state index contributed by atoms with van der Waals surface area (Å²) in [6, 6.07) is 0. The zero-order chi connectivity index (χ0) is 8.55. The second-order valence-electron chi connectivity index (χ2n) is 2.98. The second-order valence-corrected chi connectivity index (χ2v) is 2.98. The average Bonchev–Trinajstić information content (AvgIpc) is 2.03. The molecule has 0 aliphatic heterocycles. The van der Waals surface area contributed by atoms with Crippen molar-refractivity contribution in [2.45, 2.75) is 12.8 Å². The zero-order valence-electron chi connectivity index (χ0n) is 6.54. The third-order valence-corrected chi connectivity index (χ3v) is 2.05. The summed E-state index contributed by atoms with van der Waals surface area (Å²) in [5.74, 6) is 0.171. The molecule has 0 N–H and O–H groups in total. The van der Waals surface area contributed by atoms with Crippen LogP contribution in [0.1, 0.15) is 12.8 Å². The predicted octanol–water partition coefficient (Wildman–Crippen LogP) is 1.34. The van der Waals surface area contributed by atoms with Crippen LogP contribution in [-0.2, 0) is 9.59 Å². The first-order chi connectivity index (χ1) is 5.75. The van der Waals surface area contributed by atoms with E-state index in [4.69, 9.17) is 0 Å². The van der Waals surface area contributed by atoms with Crippen LogP contribution in [-0.4, -0.2) is 11.6 Å². The zero-order valence-corrected chi connectivity index (χ0v) is 6.54. The van der Waals surface area contributed by atoms with E-state index in [0.717, 1.165) is 11.1 Å². The van der Waals surface area contributed by atoms with E-state index in [9.17, 15) is 9.59 Å². The Morgan fingerprint density at radius 2 is 2.00 bits per heavy atom. The normalized spacial score (nSPS) is 21.7. The summed E-state index contributed by atoms with van der Waals surface area (Å²) in [5, 5.41) is 0. The van der Waals surface area contributed by atoms with Crippen molar-refractivity contribution >= 4 is 11.6 Å². The Morgan fingerprint density at radius 1 is 1.17 bits per heavy atom. The Bertz CT molecular complexity index is 343. The van der Waals surface area contributed by atoms with E-state index in [2.05, 4.69) is 0 Å². The molecule has 2 heteroatoms. The van der Waals surface area contributed by atoms with Gasteiger partial charge >= 0.3 is 0 Å². The molecule has 0 aromatic heterocycles. The molecule has 0 unspecified atom stereocenters. The summed E-state index contributed by atoms with van der Waals surface area (Å²) in [7, 11) is 0. The minimum atomic E-state index is -0.0168. The largest absolute Gasteiger partial charge is 0.299 e. The number of Topliss-reactive ketones (excluding diaryl/α,β-unsaturated/α-hetero) is 1. The monoisotopic (exact) mass is 160 g/mol. The van der Waals surface area contributed by atoms with E-state index >= 15 is 0 Å². The van der Waals surface area contributed by atoms with E-state index in [1.807, 2.05) is 6.08 Å². The standard InChI is InChI=1S/C10H8O2/c11-9-3-1-7-2-4-10(12)6-8(7)5-9/h1-3,5H,4,6H2. The summed E-state index contributed by atoms with van der Waals surface area (Å²) in [6.07, 6.45) is 7.66. The minimum absolute atomic E-state index is 0.0168. The molecule has 2 aliphatic rings. The van der Waals surface area contributed by atoms with Crippen molar-refractivity contribution in [1.29, 1.82) is 0 Å². The van der Waals surface area contributed by atoms with Gasteiger partial charge in [-0.1, -0.05) is 12.2 Å². The Kier molecular flexibility index (Phi) is 1.54. The van der Waals surface area contributed by atoms with Gasteiger partial charge in [-0.15, -0.1) is 0 Å². The molecular formula is C10H8O2. The van der Waals surface area contributed by atoms with Gasteiger partial charge in [0.05, 0.1) is 0 Å². The molecule has 0 saturated heterocycles. The fraction of sp³-hybridized carbons (Fsp3) is 0.200. The highest BCUT2D eigenvalue weighted by atomic mass is 16.1. The van der Waals surface area contributed by atoms with Gasteiger partial charge in [0, 0.05) is 12.8 Å². The number of carbonyl (C=O) groups excluding carboxylic acids is 2. The van der Waals surface area contributed by atoms with E-state index in [-0.39, 0.29) is 11.6 Å². The topological polar surface area (TPSA) is 34.1 Å². The van der Waals surface area contributed by atoms with Crippen LogP contribution < -0.4 is 0 Å². The van der Waals surface area contributed by atoms with E-state index in [0.29, 0.717) is 12.8 Å². The molecule has 0 amide bonds. The van der Waals surface area contributed by atoms with Crippen LogP contribution in [0.25, 0.3) is 0 Å². The Hall–Kier alpha value is -1.44. The molecule has 0 heterocycles. The van der Waals surface area contributed by atoms with Crippen molar-refractivity contribution in [3.8, 4) is 0 Å². The van der Waals surface area contributed by atoms with Crippen molar-refractivity contribution in [3.05, 3.63) is 35.5 Å². The van der Waals surface area contributed by atoms with Gasteiger partial charge in [0.2, 0.25) is 0 Å². The van der Waals surface area contributed by atoms with Gasteiger partial charge < -0.3 is 0 Å². The molecule has 0 saturated carbocycles. The van der Waals surface area contributed by atoms with Crippen LogP contribution in [0.2, 0.25) is 0 Å². The van der Waals surface area contributed by atoms with Crippen LogP contribution in [0.5, 0.6) is 0 Å². The third-order valence-electron chi connectivity index (χ3n) is 2.05. The first-order valence-electron chi connectivity index (χ1n) is 3.90. The number of rotatable bonds is 0. The van der Waals surface area contributed by atoms with Crippen molar-refractivity contribution < 1.29 is 9.59 Å². The number of ketones is 2. The molecule has 0 bridgehead atoms.